The molecule has 50 heavy (non-hydrogen) atoms. The Morgan fingerprint density at radius 2 is 0.900 bits per heavy atom. The number of rotatable bonds is 4. The summed E-state index contributed by atoms with van der Waals surface area (Å²) in [4.78, 5) is 2.43. The van der Waals surface area contributed by atoms with Gasteiger partial charge in [-0.15, -0.1) is 0 Å². The molecule has 4 nitrogen and oxygen atoms in total. The van der Waals surface area contributed by atoms with Crippen LogP contribution in [0.25, 0.3) is 82.1 Å². The molecule has 0 saturated heterocycles. The highest BCUT2D eigenvalue weighted by atomic mass is 16.3. The fourth-order valence-corrected chi connectivity index (χ4v) is 8.05. The molecule has 0 fully saturated rings. The van der Waals surface area contributed by atoms with Crippen LogP contribution in [-0.2, 0) is 0 Å². The number of anilines is 3. The second-order valence-electron chi connectivity index (χ2n) is 12.9. The molecule has 11 aromatic rings. The second-order valence-corrected chi connectivity index (χ2v) is 12.9. The van der Waals surface area contributed by atoms with E-state index in [0.29, 0.717) is 0 Å². The maximum Gasteiger partial charge on any atom is 0.137 e. The van der Waals surface area contributed by atoms with E-state index in [2.05, 4.69) is 167 Å². The van der Waals surface area contributed by atoms with Crippen molar-refractivity contribution in [3.8, 4) is 5.69 Å². The van der Waals surface area contributed by atoms with Crippen molar-refractivity contribution in [3.63, 3.8) is 0 Å². The molecule has 0 saturated carbocycles. The standard InChI is InChI=1S/C46H28N2O2/c1-2-15-31(16-3-1)47-35-19-8-6-17-32(35)44-36(47)20-10-21-37(44)48(38-22-11-25-41-45(38)33-18-7-9-24-40(33)49-41)39-23-12-26-42-46(39)34-27-29-13-4-5-14-30(29)28-43(34)50-42/h1-28H. The van der Waals surface area contributed by atoms with Crippen molar-refractivity contribution in [1.29, 1.82) is 0 Å². The first-order valence-electron chi connectivity index (χ1n) is 16.9. The molecule has 0 spiro atoms. The lowest BCUT2D eigenvalue weighted by Gasteiger charge is -2.28. The first kappa shape index (κ1) is 27.2. The van der Waals surface area contributed by atoms with Gasteiger partial charge in [-0.2, -0.15) is 0 Å². The number of benzene rings is 8. The maximum atomic E-state index is 6.64. The predicted molar refractivity (Wildman–Crippen MR) is 208 cm³/mol. The average Bonchev–Trinajstić information content (AvgIpc) is 3.84. The topological polar surface area (TPSA) is 34.5 Å². The van der Waals surface area contributed by atoms with Crippen molar-refractivity contribution in [3.05, 3.63) is 170 Å². The molecule has 11 rings (SSSR count). The summed E-state index contributed by atoms with van der Waals surface area (Å²) in [6.07, 6.45) is 0. The Bertz CT molecular complexity index is 3110. The van der Waals surface area contributed by atoms with Gasteiger partial charge >= 0.3 is 0 Å². The van der Waals surface area contributed by atoms with Crippen LogP contribution in [0.3, 0.4) is 0 Å². The molecular formula is C46H28N2O2. The molecule has 0 aliphatic rings. The Balaban J connectivity index is 1.32. The van der Waals surface area contributed by atoms with Gasteiger partial charge in [0.2, 0.25) is 0 Å². The minimum atomic E-state index is 0.848. The van der Waals surface area contributed by atoms with Crippen LogP contribution in [0, 0.1) is 0 Å². The zero-order valence-electron chi connectivity index (χ0n) is 26.9. The second kappa shape index (κ2) is 10.4. The summed E-state index contributed by atoms with van der Waals surface area (Å²) in [7, 11) is 0. The maximum absolute atomic E-state index is 6.64. The van der Waals surface area contributed by atoms with Gasteiger partial charge in [0, 0.05) is 27.2 Å². The molecule has 0 aliphatic heterocycles. The molecule has 0 bridgehead atoms. The van der Waals surface area contributed by atoms with Crippen LogP contribution in [0.4, 0.5) is 17.1 Å². The highest BCUT2D eigenvalue weighted by Gasteiger charge is 2.26. The number of hydrogen-bond donors (Lipinski definition) is 0. The van der Waals surface area contributed by atoms with Gasteiger partial charge in [0.1, 0.15) is 22.3 Å². The summed E-state index contributed by atoms with van der Waals surface area (Å²) in [5.74, 6) is 0. The van der Waals surface area contributed by atoms with E-state index in [1.165, 1.54) is 16.2 Å². The van der Waals surface area contributed by atoms with Crippen molar-refractivity contribution >= 4 is 93.5 Å². The monoisotopic (exact) mass is 640 g/mol. The Kier molecular flexibility index (Phi) is 5.63. The minimum absolute atomic E-state index is 0.848. The molecule has 0 unspecified atom stereocenters. The molecule has 234 valence electrons. The van der Waals surface area contributed by atoms with E-state index in [-0.39, 0.29) is 0 Å². The molecule has 0 N–H and O–H groups in total. The normalized spacial score (nSPS) is 12.0. The van der Waals surface area contributed by atoms with E-state index in [1.54, 1.807) is 0 Å². The van der Waals surface area contributed by atoms with Crippen LogP contribution >= 0.6 is 0 Å². The number of aromatic nitrogens is 1. The molecule has 0 amide bonds. The third-order valence-corrected chi connectivity index (χ3v) is 10.1. The van der Waals surface area contributed by atoms with E-state index in [9.17, 15) is 0 Å². The molecule has 8 aromatic carbocycles. The van der Waals surface area contributed by atoms with Gasteiger partial charge in [-0.05, 0) is 83.6 Å². The fraction of sp³-hybridized carbons (Fsp3) is 0. The van der Waals surface area contributed by atoms with Gasteiger partial charge in [0.25, 0.3) is 0 Å². The fourth-order valence-electron chi connectivity index (χ4n) is 8.05. The van der Waals surface area contributed by atoms with Crippen molar-refractivity contribution in [1.82, 2.24) is 4.57 Å². The van der Waals surface area contributed by atoms with Gasteiger partial charge in [-0.25, -0.2) is 0 Å². The Hall–Kier alpha value is -6.78. The van der Waals surface area contributed by atoms with Crippen molar-refractivity contribution in [2.24, 2.45) is 0 Å². The van der Waals surface area contributed by atoms with Crippen LogP contribution in [0.2, 0.25) is 0 Å². The highest BCUT2D eigenvalue weighted by molar-refractivity contribution is 6.23. The smallest absolute Gasteiger partial charge is 0.137 e. The Labute approximate surface area is 286 Å². The summed E-state index contributed by atoms with van der Waals surface area (Å²) >= 11 is 0. The lowest BCUT2D eigenvalue weighted by atomic mass is 10.0. The van der Waals surface area contributed by atoms with Crippen molar-refractivity contribution in [2.45, 2.75) is 0 Å². The van der Waals surface area contributed by atoms with Crippen LogP contribution in [0.15, 0.2) is 179 Å². The van der Waals surface area contributed by atoms with Gasteiger partial charge in [-0.1, -0.05) is 97.1 Å². The Morgan fingerprint density at radius 3 is 1.68 bits per heavy atom. The zero-order chi connectivity index (χ0) is 32.8. The van der Waals surface area contributed by atoms with Crippen LogP contribution < -0.4 is 4.90 Å². The van der Waals surface area contributed by atoms with E-state index >= 15 is 0 Å². The number of para-hydroxylation sites is 3. The van der Waals surface area contributed by atoms with Crippen molar-refractivity contribution < 1.29 is 8.83 Å². The van der Waals surface area contributed by atoms with Crippen LogP contribution in [0.1, 0.15) is 0 Å². The molecule has 0 atom stereocenters. The molecule has 3 aromatic heterocycles. The van der Waals surface area contributed by atoms with Gasteiger partial charge in [0.05, 0.1) is 38.9 Å². The molecule has 0 aliphatic carbocycles. The molecule has 3 heterocycles. The first-order chi connectivity index (χ1) is 24.8. The molecule has 0 radical (unpaired) electrons. The quantitative estimate of drug-likeness (QED) is 0.192. The predicted octanol–water partition coefficient (Wildman–Crippen LogP) is 13.2. The van der Waals surface area contributed by atoms with Gasteiger partial charge in [-0.3, -0.25) is 0 Å². The molecule has 4 heteroatoms. The number of nitrogens with zero attached hydrogens (tertiary/aromatic N) is 2. The number of hydrogen-bond acceptors (Lipinski definition) is 3. The zero-order valence-corrected chi connectivity index (χ0v) is 26.9. The summed E-state index contributed by atoms with van der Waals surface area (Å²) in [6, 6.07) is 60.1. The lowest BCUT2D eigenvalue weighted by Crippen LogP contribution is -2.11. The first-order valence-corrected chi connectivity index (χ1v) is 16.9. The SMILES string of the molecule is c1ccc(-n2c3ccccc3c3c(N(c4cccc5oc6ccccc6c45)c4cccc5oc6cc7ccccc7cc6c45)cccc32)cc1. The van der Waals surface area contributed by atoms with Crippen LogP contribution in [-0.4, -0.2) is 4.57 Å². The van der Waals surface area contributed by atoms with Gasteiger partial charge in [0.15, 0.2) is 0 Å². The molecular weight excluding hydrogens is 613 g/mol. The summed E-state index contributed by atoms with van der Waals surface area (Å²) in [6.45, 7) is 0. The van der Waals surface area contributed by atoms with E-state index < -0.39 is 0 Å². The van der Waals surface area contributed by atoms with Crippen molar-refractivity contribution in [2.75, 3.05) is 4.90 Å². The Morgan fingerprint density at radius 1 is 0.360 bits per heavy atom. The third-order valence-electron chi connectivity index (χ3n) is 10.1. The van der Waals surface area contributed by atoms with E-state index in [0.717, 1.165) is 83.0 Å². The van der Waals surface area contributed by atoms with E-state index in [4.69, 9.17) is 8.83 Å². The summed E-state index contributed by atoms with van der Waals surface area (Å²) < 4.78 is 15.5. The minimum Gasteiger partial charge on any atom is -0.456 e. The largest absolute Gasteiger partial charge is 0.456 e. The number of fused-ring (bicyclic) bond motifs is 10. The van der Waals surface area contributed by atoms with Gasteiger partial charge < -0.3 is 18.3 Å². The summed E-state index contributed by atoms with van der Waals surface area (Å²) in [5, 5.41) is 9.01. The lowest BCUT2D eigenvalue weighted by molar-refractivity contribution is 0.669. The van der Waals surface area contributed by atoms with E-state index in [1.807, 2.05) is 12.1 Å². The van der Waals surface area contributed by atoms with Crippen LogP contribution in [0.5, 0.6) is 0 Å². The summed E-state index contributed by atoms with van der Waals surface area (Å²) in [5.41, 5.74) is 10.0. The number of furan rings is 2. The average molecular weight is 641 g/mol. The highest BCUT2D eigenvalue weighted by Crippen LogP contribution is 2.50. The third kappa shape index (κ3) is 3.81.